The van der Waals surface area contributed by atoms with Crippen LogP contribution in [-0.4, -0.2) is 31.3 Å². The monoisotopic (exact) mass is 432 g/mol. The fourth-order valence-electron chi connectivity index (χ4n) is 3.75. The van der Waals surface area contributed by atoms with E-state index in [9.17, 15) is 9.00 Å². The van der Waals surface area contributed by atoms with Crippen molar-refractivity contribution in [3.8, 4) is 0 Å². The second-order valence-corrected chi connectivity index (χ2v) is 15.5. The summed E-state index contributed by atoms with van der Waals surface area (Å²) in [4.78, 5) is 12.2. The predicted octanol–water partition coefficient (Wildman–Crippen LogP) is 3.09. The Morgan fingerprint density at radius 2 is 1.38 bits per heavy atom. The van der Waals surface area contributed by atoms with E-state index in [1.54, 1.807) is 13.8 Å². The minimum Gasteiger partial charge on any atom is -0.469 e. The number of esters is 1. The molecule has 0 aromatic heterocycles. The van der Waals surface area contributed by atoms with Crippen molar-refractivity contribution < 1.29 is 13.7 Å². The molecule has 0 saturated carbocycles. The summed E-state index contributed by atoms with van der Waals surface area (Å²) in [6.07, 6.45) is 0. The fourth-order valence-corrected chi connectivity index (χ4v) is 12.4. The highest BCUT2D eigenvalue weighted by atomic mass is 32.2. The number of hydrogen-bond acceptors (Lipinski definition) is 4. The Morgan fingerprint density at radius 3 is 1.72 bits per heavy atom. The van der Waals surface area contributed by atoms with Crippen LogP contribution in [0.2, 0.25) is 5.04 Å². The topological polar surface area (TPSA) is 81.8 Å². The molecule has 7 heteroatoms. The quantitative estimate of drug-likeness (QED) is 0.562. The van der Waals surface area contributed by atoms with Crippen molar-refractivity contribution in [2.45, 2.75) is 39.7 Å². The maximum Gasteiger partial charge on any atom is 0.312 e. The van der Waals surface area contributed by atoms with E-state index in [1.165, 1.54) is 7.11 Å². The molecule has 0 aliphatic heterocycles. The molecule has 158 valence electrons. The summed E-state index contributed by atoms with van der Waals surface area (Å²) in [5.41, 5.74) is -1.00. The standard InChI is InChI=1S/C22H32N2O3SSi/c1-21(2,3)29(18-13-9-7-10-14-18,19-15-11-8-12-16-19)24-28(23,26)17-22(4,5)20(25)27-6/h7-16H,17H2,1-6H3,(H2,23,24,26). The van der Waals surface area contributed by atoms with Crippen molar-refractivity contribution in [3.63, 3.8) is 0 Å². The zero-order valence-corrected chi connectivity index (χ0v) is 20.0. The van der Waals surface area contributed by atoms with Gasteiger partial charge in [-0.25, -0.2) is 9.35 Å². The molecular formula is C22H32N2O3SSi. The lowest BCUT2D eigenvalue weighted by molar-refractivity contribution is -0.149. The molecule has 0 spiro atoms. The number of carbonyl (C=O) groups excluding carboxylic acids is 1. The van der Waals surface area contributed by atoms with Gasteiger partial charge < -0.3 is 4.74 Å². The van der Waals surface area contributed by atoms with Crippen LogP contribution in [0.5, 0.6) is 0 Å². The third-order valence-electron chi connectivity index (χ3n) is 5.07. The van der Waals surface area contributed by atoms with Crippen molar-refractivity contribution in [2.24, 2.45) is 14.6 Å². The summed E-state index contributed by atoms with van der Waals surface area (Å²) in [7, 11) is -4.83. The number of benzene rings is 2. The molecule has 1 unspecified atom stereocenters. The Labute approximate surface area is 176 Å². The van der Waals surface area contributed by atoms with Crippen molar-refractivity contribution in [2.75, 3.05) is 12.9 Å². The minimum absolute atomic E-state index is 0.0723. The van der Waals surface area contributed by atoms with E-state index in [0.717, 1.165) is 10.4 Å². The van der Waals surface area contributed by atoms with E-state index in [4.69, 9.17) is 13.9 Å². The van der Waals surface area contributed by atoms with Crippen LogP contribution < -0.4 is 15.5 Å². The first-order valence-corrected chi connectivity index (χ1v) is 13.3. The van der Waals surface area contributed by atoms with E-state index in [-0.39, 0.29) is 10.8 Å². The first-order chi connectivity index (χ1) is 13.4. The molecular weight excluding hydrogens is 400 g/mol. The second-order valence-electron chi connectivity index (χ2n) is 8.99. The molecule has 29 heavy (non-hydrogen) atoms. The predicted molar refractivity (Wildman–Crippen MR) is 123 cm³/mol. The molecule has 0 radical (unpaired) electrons. The van der Waals surface area contributed by atoms with Crippen LogP contribution in [0.1, 0.15) is 34.6 Å². The van der Waals surface area contributed by atoms with E-state index >= 15 is 0 Å². The van der Waals surface area contributed by atoms with Gasteiger partial charge in [0.05, 0.1) is 28.2 Å². The highest BCUT2D eigenvalue weighted by molar-refractivity contribution is 7.92. The molecule has 2 N–H and O–H groups in total. The number of rotatable bonds is 6. The van der Waals surface area contributed by atoms with Gasteiger partial charge in [0, 0.05) is 0 Å². The number of methoxy groups -OCH3 is 1. The third-order valence-corrected chi connectivity index (χ3v) is 13.0. The maximum atomic E-state index is 13.7. The normalized spacial score (nSPS) is 14.7. The van der Waals surface area contributed by atoms with Gasteiger partial charge in [-0.2, -0.15) is 0 Å². The zero-order valence-electron chi connectivity index (χ0n) is 18.1. The fraction of sp³-hybridized carbons (Fsp3) is 0.409. The third kappa shape index (κ3) is 4.97. The van der Waals surface area contributed by atoms with Gasteiger partial charge in [-0.05, 0) is 29.3 Å². The zero-order chi connectivity index (χ0) is 21.9. The highest BCUT2D eigenvalue weighted by Gasteiger charge is 2.50. The summed E-state index contributed by atoms with van der Waals surface area (Å²) >= 11 is 0. The summed E-state index contributed by atoms with van der Waals surface area (Å²) in [6, 6.07) is 19.9. The van der Waals surface area contributed by atoms with Gasteiger partial charge in [0.25, 0.3) is 8.24 Å². The van der Waals surface area contributed by atoms with E-state index in [0.29, 0.717) is 0 Å². The number of nitrogens with two attached hydrogens (primary N) is 1. The molecule has 0 aliphatic rings. The van der Waals surface area contributed by atoms with Gasteiger partial charge in [0.2, 0.25) is 0 Å². The Morgan fingerprint density at radius 1 is 0.966 bits per heavy atom. The lowest BCUT2D eigenvalue weighted by Crippen LogP contribution is -2.64. The molecule has 5 nitrogen and oxygen atoms in total. The highest BCUT2D eigenvalue weighted by Crippen LogP contribution is 2.37. The van der Waals surface area contributed by atoms with Crippen molar-refractivity contribution in [1.82, 2.24) is 0 Å². The Bertz CT molecular complexity index is 921. The SMILES string of the molecule is COC(=O)C(C)(C)CS(N)(=O)=N[Si](c1ccccc1)(c1ccccc1)C(C)(C)C. The van der Waals surface area contributed by atoms with Crippen LogP contribution in [0.25, 0.3) is 0 Å². The van der Waals surface area contributed by atoms with Crippen LogP contribution in [-0.2, 0) is 19.4 Å². The lowest BCUT2D eigenvalue weighted by Gasteiger charge is -2.40. The van der Waals surface area contributed by atoms with Gasteiger partial charge in [-0.15, -0.1) is 0 Å². The second kappa shape index (κ2) is 8.42. The Kier molecular flexibility index (Phi) is 6.77. The van der Waals surface area contributed by atoms with Gasteiger partial charge in [-0.1, -0.05) is 81.4 Å². The summed E-state index contributed by atoms with van der Waals surface area (Å²) in [5.74, 6) is -0.523. The summed E-state index contributed by atoms with van der Waals surface area (Å²) in [5, 5.41) is 8.10. The van der Waals surface area contributed by atoms with Gasteiger partial charge >= 0.3 is 5.97 Å². The maximum absolute atomic E-state index is 13.7. The van der Waals surface area contributed by atoms with Crippen molar-refractivity contribution in [3.05, 3.63) is 60.7 Å². The van der Waals surface area contributed by atoms with Crippen LogP contribution in [0.4, 0.5) is 0 Å². The number of ether oxygens (including phenoxy) is 1. The molecule has 1 atom stereocenters. The first-order valence-electron chi connectivity index (χ1n) is 9.59. The summed E-state index contributed by atoms with van der Waals surface area (Å²) < 4.78 is 23.5. The van der Waals surface area contributed by atoms with Gasteiger partial charge in [0.1, 0.15) is 0 Å². The average Bonchev–Trinajstić information content (AvgIpc) is 2.65. The van der Waals surface area contributed by atoms with Gasteiger partial charge in [0.15, 0.2) is 0 Å². The number of hydrogen-bond donors (Lipinski definition) is 1. The molecule has 0 heterocycles. The molecule has 0 bridgehead atoms. The summed E-state index contributed by atoms with van der Waals surface area (Å²) in [6.45, 7) is 9.72. The van der Waals surface area contributed by atoms with Gasteiger partial charge in [-0.3, -0.25) is 8.82 Å². The molecule has 0 amide bonds. The van der Waals surface area contributed by atoms with Crippen LogP contribution in [0.15, 0.2) is 64.7 Å². The number of carbonyl (C=O) groups is 1. The van der Waals surface area contributed by atoms with E-state index < -0.39 is 29.5 Å². The minimum atomic E-state index is -3.20. The smallest absolute Gasteiger partial charge is 0.312 e. The van der Waals surface area contributed by atoms with E-state index in [2.05, 4.69) is 20.8 Å². The molecule has 0 aliphatic carbocycles. The first kappa shape index (κ1) is 23.3. The average molecular weight is 433 g/mol. The molecule has 0 saturated heterocycles. The Balaban J connectivity index is 2.82. The Hall–Kier alpha value is -1.96. The van der Waals surface area contributed by atoms with E-state index in [1.807, 2.05) is 60.7 Å². The molecule has 2 aromatic carbocycles. The lowest BCUT2D eigenvalue weighted by atomic mass is 9.97. The van der Waals surface area contributed by atoms with Crippen molar-refractivity contribution in [1.29, 1.82) is 0 Å². The number of nitrogens with zero attached hydrogens (tertiary/aromatic N) is 1. The molecule has 2 rings (SSSR count). The van der Waals surface area contributed by atoms with Crippen molar-refractivity contribution >= 4 is 34.5 Å². The van der Waals surface area contributed by atoms with Crippen LogP contribution >= 0.6 is 0 Å². The molecule has 2 aromatic rings. The molecule has 0 fully saturated rings. The van der Waals surface area contributed by atoms with Crippen LogP contribution in [0.3, 0.4) is 0 Å². The largest absolute Gasteiger partial charge is 0.469 e. The van der Waals surface area contributed by atoms with Crippen LogP contribution in [0, 0.1) is 5.41 Å².